The van der Waals surface area contributed by atoms with Crippen LogP contribution in [0.1, 0.15) is 32.7 Å². The van der Waals surface area contributed by atoms with Crippen molar-refractivity contribution in [3.8, 4) is 16.9 Å². The van der Waals surface area contributed by atoms with Gasteiger partial charge in [-0.25, -0.2) is 9.48 Å². The highest BCUT2D eigenvalue weighted by Crippen LogP contribution is 2.23. The smallest absolute Gasteiger partial charge is 0.337 e. The van der Waals surface area contributed by atoms with E-state index in [4.69, 9.17) is 4.74 Å². The van der Waals surface area contributed by atoms with E-state index in [0.29, 0.717) is 16.8 Å². The average Bonchev–Trinajstić information content (AvgIpc) is 3.18. The number of nitrogens with zero attached hydrogens (tertiary/aromatic N) is 3. The summed E-state index contributed by atoms with van der Waals surface area (Å²) in [5.74, 6) is -0.392. The monoisotopic (exact) mass is 391 g/mol. The Balaban J connectivity index is 1.81. The van der Waals surface area contributed by atoms with Crippen molar-refractivity contribution in [2.75, 3.05) is 27.7 Å². The maximum atomic E-state index is 11.6. The molecule has 0 atom stereocenters. The largest absolute Gasteiger partial charge is 0.465 e. The molecule has 0 spiro atoms. The molecular weight excluding hydrogens is 366 g/mol. The third-order valence-corrected chi connectivity index (χ3v) is 4.72. The highest BCUT2D eigenvalue weighted by atomic mass is 16.5. The second-order valence-corrected chi connectivity index (χ2v) is 7.14. The quantitative estimate of drug-likeness (QED) is 0.433. The minimum atomic E-state index is -0.392. The molecule has 0 unspecified atom stereocenters. The van der Waals surface area contributed by atoms with Gasteiger partial charge >= 0.3 is 5.97 Å². The fraction of sp³-hybridized carbons (Fsp3) is 0.261. The molecule has 150 valence electrons. The Kier molecular flexibility index (Phi) is 6.57. The summed E-state index contributed by atoms with van der Waals surface area (Å²) in [6.45, 7) is 1.05. The standard InChI is InChI=1S/C23H25N3O3/c1-25(2)14-4-5-17-6-8-18(9-7-17)22-20(16-27)15-26(24-22)21-12-10-19(11-13-21)23(28)29-3/h6-13,15-16H,4-5,14H2,1-3H3. The third kappa shape index (κ3) is 4.97. The van der Waals surface area contributed by atoms with E-state index in [1.54, 1.807) is 35.1 Å². The van der Waals surface area contributed by atoms with E-state index in [9.17, 15) is 9.59 Å². The zero-order valence-electron chi connectivity index (χ0n) is 17.0. The lowest BCUT2D eigenvalue weighted by Crippen LogP contribution is -2.13. The molecule has 29 heavy (non-hydrogen) atoms. The topological polar surface area (TPSA) is 64.4 Å². The highest BCUT2D eigenvalue weighted by molar-refractivity contribution is 5.89. The Labute approximate surface area is 170 Å². The number of methoxy groups -OCH3 is 1. The molecule has 0 aliphatic rings. The van der Waals surface area contributed by atoms with Crippen LogP contribution >= 0.6 is 0 Å². The van der Waals surface area contributed by atoms with Crippen LogP contribution in [0.5, 0.6) is 0 Å². The van der Waals surface area contributed by atoms with Crippen molar-refractivity contribution < 1.29 is 14.3 Å². The first-order valence-electron chi connectivity index (χ1n) is 9.49. The highest BCUT2D eigenvalue weighted by Gasteiger charge is 2.13. The first-order chi connectivity index (χ1) is 14.0. The maximum Gasteiger partial charge on any atom is 0.337 e. The van der Waals surface area contributed by atoms with Crippen LogP contribution in [-0.2, 0) is 11.2 Å². The molecule has 2 aromatic carbocycles. The van der Waals surface area contributed by atoms with Crippen molar-refractivity contribution in [1.82, 2.24) is 14.7 Å². The molecule has 1 heterocycles. The predicted octanol–water partition coefficient (Wildman–Crippen LogP) is 3.63. The minimum Gasteiger partial charge on any atom is -0.465 e. The van der Waals surface area contributed by atoms with E-state index in [2.05, 4.69) is 36.2 Å². The lowest BCUT2D eigenvalue weighted by molar-refractivity contribution is 0.0600. The van der Waals surface area contributed by atoms with Crippen molar-refractivity contribution >= 4 is 12.3 Å². The fourth-order valence-corrected chi connectivity index (χ4v) is 3.13. The molecule has 6 heteroatoms. The van der Waals surface area contributed by atoms with Gasteiger partial charge in [-0.3, -0.25) is 4.79 Å². The molecule has 3 aromatic rings. The maximum absolute atomic E-state index is 11.6. The number of aromatic nitrogens is 2. The van der Waals surface area contributed by atoms with Crippen LogP contribution in [0.25, 0.3) is 16.9 Å². The zero-order valence-corrected chi connectivity index (χ0v) is 17.0. The number of aryl methyl sites for hydroxylation is 1. The summed E-state index contributed by atoms with van der Waals surface area (Å²) in [5, 5.41) is 4.59. The predicted molar refractivity (Wildman–Crippen MR) is 113 cm³/mol. The van der Waals surface area contributed by atoms with E-state index in [1.165, 1.54) is 12.7 Å². The van der Waals surface area contributed by atoms with Gasteiger partial charge in [0.1, 0.15) is 5.69 Å². The molecular formula is C23H25N3O3. The van der Waals surface area contributed by atoms with Crippen LogP contribution in [0.15, 0.2) is 54.7 Å². The SMILES string of the molecule is COC(=O)c1ccc(-n2cc(C=O)c(-c3ccc(CCCN(C)C)cc3)n2)cc1. The van der Waals surface area contributed by atoms with Gasteiger partial charge in [-0.15, -0.1) is 0 Å². The summed E-state index contributed by atoms with van der Waals surface area (Å²) in [6.07, 6.45) is 4.62. The number of ether oxygens (including phenoxy) is 1. The average molecular weight is 391 g/mol. The Bertz CT molecular complexity index is 974. The Morgan fingerprint density at radius 2 is 1.79 bits per heavy atom. The normalized spacial score (nSPS) is 10.9. The molecule has 0 amide bonds. The van der Waals surface area contributed by atoms with Gasteiger partial charge in [0.15, 0.2) is 6.29 Å². The van der Waals surface area contributed by atoms with Crippen LogP contribution in [0.2, 0.25) is 0 Å². The summed E-state index contributed by atoms with van der Waals surface area (Å²) in [4.78, 5) is 25.3. The van der Waals surface area contributed by atoms with Crippen LogP contribution in [-0.4, -0.2) is 54.7 Å². The number of carbonyl (C=O) groups excluding carboxylic acids is 2. The molecule has 0 bridgehead atoms. The summed E-state index contributed by atoms with van der Waals surface area (Å²) in [6, 6.07) is 15.1. The molecule has 0 N–H and O–H groups in total. The first kappa shape index (κ1) is 20.5. The molecule has 1 aromatic heterocycles. The molecule has 6 nitrogen and oxygen atoms in total. The van der Waals surface area contributed by atoms with Crippen molar-refractivity contribution in [3.63, 3.8) is 0 Å². The van der Waals surface area contributed by atoms with Crippen LogP contribution in [0.4, 0.5) is 0 Å². The van der Waals surface area contributed by atoms with Crippen LogP contribution < -0.4 is 0 Å². The number of carbonyl (C=O) groups is 2. The van der Waals surface area contributed by atoms with E-state index in [0.717, 1.165) is 36.9 Å². The number of rotatable bonds is 8. The van der Waals surface area contributed by atoms with Crippen molar-refractivity contribution in [2.45, 2.75) is 12.8 Å². The molecule has 0 aliphatic heterocycles. The first-order valence-corrected chi connectivity index (χ1v) is 9.49. The summed E-state index contributed by atoms with van der Waals surface area (Å²) in [5.41, 5.74) is 4.53. The number of esters is 1. The molecule has 3 rings (SSSR count). The minimum absolute atomic E-state index is 0.392. The van der Waals surface area contributed by atoms with Gasteiger partial charge in [0.25, 0.3) is 0 Å². The van der Waals surface area contributed by atoms with E-state index in [-0.39, 0.29) is 0 Å². The van der Waals surface area contributed by atoms with Crippen LogP contribution in [0.3, 0.4) is 0 Å². The number of aldehydes is 1. The van der Waals surface area contributed by atoms with E-state index < -0.39 is 5.97 Å². The molecule has 0 saturated carbocycles. The summed E-state index contributed by atoms with van der Waals surface area (Å²) >= 11 is 0. The molecule has 0 saturated heterocycles. The molecule has 0 radical (unpaired) electrons. The Morgan fingerprint density at radius 1 is 1.10 bits per heavy atom. The second kappa shape index (κ2) is 9.30. The zero-order chi connectivity index (χ0) is 20.8. The lowest BCUT2D eigenvalue weighted by Gasteiger charge is -2.09. The lowest BCUT2D eigenvalue weighted by atomic mass is 10.0. The molecule has 0 fully saturated rings. The van der Waals surface area contributed by atoms with Crippen molar-refractivity contribution in [2.24, 2.45) is 0 Å². The van der Waals surface area contributed by atoms with Gasteiger partial charge < -0.3 is 9.64 Å². The Morgan fingerprint density at radius 3 is 2.38 bits per heavy atom. The summed E-state index contributed by atoms with van der Waals surface area (Å²) < 4.78 is 6.36. The summed E-state index contributed by atoms with van der Waals surface area (Å²) in [7, 11) is 5.49. The van der Waals surface area contributed by atoms with E-state index in [1.807, 2.05) is 12.1 Å². The Hall–Kier alpha value is -3.25. The number of hydrogen-bond acceptors (Lipinski definition) is 5. The second-order valence-electron chi connectivity index (χ2n) is 7.14. The van der Waals surface area contributed by atoms with Gasteiger partial charge in [-0.2, -0.15) is 5.10 Å². The number of benzene rings is 2. The van der Waals surface area contributed by atoms with E-state index >= 15 is 0 Å². The van der Waals surface area contributed by atoms with Crippen molar-refractivity contribution in [3.05, 3.63) is 71.4 Å². The fourth-order valence-electron chi connectivity index (χ4n) is 3.13. The van der Waals surface area contributed by atoms with Gasteiger partial charge in [0, 0.05) is 11.8 Å². The van der Waals surface area contributed by atoms with Gasteiger partial charge in [-0.05, 0) is 63.3 Å². The third-order valence-electron chi connectivity index (χ3n) is 4.72. The van der Waals surface area contributed by atoms with Gasteiger partial charge in [-0.1, -0.05) is 24.3 Å². The van der Waals surface area contributed by atoms with Crippen molar-refractivity contribution in [1.29, 1.82) is 0 Å². The van der Waals surface area contributed by atoms with Gasteiger partial charge in [0.2, 0.25) is 0 Å². The van der Waals surface area contributed by atoms with Crippen LogP contribution in [0, 0.1) is 0 Å². The molecule has 0 aliphatic carbocycles. The number of hydrogen-bond donors (Lipinski definition) is 0. The van der Waals surface area contributed by atoms with Gasteiger partial charge in [0.05, 0.1) is 23.9 Å².